The summed E-state index contributed by atoms with van der Waals surface area (Å²) >= 11 is 1.41. The lowest BCUT2D eigenvalue weighted by atomic mass is 9.98. The fourth-order valence-electron chi connectivity index (χ4n) is 4.72. The molecule has 1 saturated carbocycles. The first-order chi connectivity index (χ1) is 17.0. The van der Waals surface area contributed by atoms with Crippen LogP contribution in [0.1, 0.15) is 47.2 Å². The number of carboxylic acids is 1. The SMILES string of the molecule is O=C(O)CC(NC(=O)C1(CNC(=O)OCC2c3ccccc3-c3ccccc32)CC1)c1cccs1. The standard InChI is InChI=1S/C27H26N2O5S/c30-24(31)14-22(23-10-5-13-35-23)29-25(32)27(11-12-27)16-28-26(33)34-15-21-19-8-3-1-6-17(19)18-7-2-4-9-20(18)21/h1-10,13,21-22H,11-12,14-16H2,(H,28,33)(H,29,32)(H,30,31). The number of carbonyl (C=O) groups excluding carboxylic acids is 2. The van der Waals surface area contributed by atoms with E-state index in [4.69, 9.17) is 4.74 Å². The third-order valence-electron chi connectivity index (χ3n) is 6.82. The van der Waals surface area contributed by atoms with Crippen LogP contribution in [0.4, 0.5) is 4.79 Å². The minimum absolute atomic E-state index is 0.0334. The Kier molecular flexibility index (Phi) is 6.30. The first-order valence-corrected chi connectivity index (χ1v) is 12.5. The molecule has 1 fully saturated rings. The second-order valence-electron chi connectivity index (χ2n) is 9.10. The van der Waals surface area contributed by atoms with Crippen molar-refractivity contribution in [2.45, 2.75) is 31.2 Å². The summed E-state index contributed by atoms with van der Waals surface area (Å²) in [5.74, 6) is -1.25. The Balaban J connectivity index is 1.17. The predicted molar refractivity (Wildman–Crippen MR) is 132 cm³/mol. The van der Waals surface area contributed by atoms with Gasteiger partial charge in [-0.1, -0.05) is 54.6 Å². The molecule has 1 unspecified atom stereocenters. The molecule has 0 spiro atoms. The van der Waals surface area contributed by atoms with Crippen LogP contribution >= 0.6 is 11.3 Å². The molecule has 2 amide bonds. The van der Waals surface area contributed by atoms with E-state index in [9.17, 15) is 19.5 Å². The number of carbonyl (C=O) groups is 3. The van der Waals surface area contributed by atoms with Crippen molar-refractivity contribution in [2.24, 2.45) is 5.41 Å². The van der Waals surface area contributed by atoms with E-state index in [0.717, 1.165) is 27.1 Å². The molecule has 7 nitrogen and oxygen atoms in total. The molecule has 2 aliphatic rings. The maximum absolute atomic E-state index is 13.0. The van der Waals surface area contributed by atoms with Crippen molar-refractivity contribution >= 4 is 29.3 Å². The Morgan fingerprint density at radius 1 is 1.00 bits per heavy atom. The van der Waals surface area contributed by atoms with E-state index >= 15 is 0 Å². The molecule has 0 bridgehead atoms. The fraction of sp³-hybridized carbons (Fsp3) is 0.296. The molecular weight excluding hydrogens is 464 g/mol. The van der Waals surface area contributed by atoms with Crippen LogP contribution in [-0.4, -0.2) is 36.2 Å². The molecule has 1 atom stereocenters. The molecule has 3 aromatic rings. The molecule has 1 heterocycles. The summed E-state index contributed by atoms with van der Waals surface area (Å²) in [7, 11) is 0. The van der Waals surface area contributed by atoms with Gasteiger partial charge in [0.2, 0.25) is 5.91 Å². The van der Waals surface area contributed by atoms with Crippen LogP contribution in [0.2, 0.25) is 0 Å². The van der Waals surface area contributed by atoms with Crippen molar-refractivity contribution in [3.8, 4) is 11.1 Å². The van der Waals surface area contributed by atoms with Crippen LogP contribution in [0.5, 0.6) is 0 Å². The summed E-state index contributed by atoms with van der Waals surface area (Å²) < 4.78 is 5.58. The lowest BCUT2D eigenvalue weighted by molar-refractivity contribution is -0.138. The zero-order valence-electron chi connectivity index (χ0n) is 19.0. The number of rotatable bonds is 9. The van der Waals surface area contributed by atoms with E-state index < -0.39 is 23.5 Å². The molecule has 2 aliphatic carbocycles. The van der Waals surface area contributed by atoms with Crippen LogP contribution in [0.15, 0.2) is 66.0 Å². The largest absolute Gasteiger partial charge is 0.481 e. The zero-order chi connectivity index (χ0) is 24.4. The van der Waals surface area contributed by atoms with Crippen molar-refractivity contribution < 1.29 is 24.2 Å². The summed E-state index contributed by atoms with van der Waals surface area (Å²) in [5.41, 5.74) is 3.87. The highest BCUT2D eigenvalue weighted by Gasteiger charge is 2.50. The molecule has 2 aromatic carbocycles. The zero-order valence-corrected chi connectivity index (χ0v) is 19.8. The summed E-state index contributed by atoms with van der Waals surface area (Å²) in [6.45, 7) is 0.359. The molecule has 180 valence electrons. The molecule has 0 radical (unpaired) electrons. The van der Waals surface area contributed by atoms with Crippen LogP contribution in [0, 0.1) is 5.41 Å². The minimum atomic E-state index is -0.981. The lowest BCUT2D eigenvalue weighted by Gasteiger charge is -2.21. The van der Waals surface area contributed by atoms with Gasteiger partial charge in [0, 0.05) is 17.3 Å². The van der Waals surface area contributed by atoms with E-state index in [1.54, 1.807) is 0 Å². The smallest absolute Gasteiger partial charge is 0.407 e. The Morgan fingerprint density at radius 3 is 2.23 bits per heavy atom. The summed E-state index contributed by atoms with van der Waals surface area (Å²) in [4.78, 5) is 37.6. The number of carboxylic acid groups (broad SMARTS) is 1. The molecule has 3 N–H and O–H groups in total. The van der Waals surface area contributed by atoms with E-state index in [1.165, 1.54) is 11.3 Å². The third-order valence-corrected chi connectivity index (χ3v) is 7.81. The maximum atomic E-state index is 13.0. The number of thiophene rings is 1. The Hall–Kier alpha value is -3.65. The highest BCUT2D eigenvalue weighted by Crippen LogP contribution is 2.46. The third kappa shape index (κ3) is 4.79. The molecular formula is C27H26N2O5S. The predicted octanol–water partition coefficient (Wildman–Crippen LogP) is 4.70. The van der Waals surface area contributed by atoms with Crippen LogP contribution in [0.25, 0.3) is 11.1 Å². The number of fused-ring (bicyclic) bond motifs is 3. The molecule has 1 aromatic heterocycles. The molecule has 0 saturated heterocycles. The van der Waals surface area contributed by atoms with Gasteiger partial charge in [-0.3, -0.25) is 9.59 Å². The van der Waals surface area contributed by atoms with E-state index in [1.807, 2.05) is 41.8 Å². The highest BCUT2D eigenvalue weighted by atomic mass is 32.1. The maximum Gasteiger partial charge on any atom is 0.407 e. The topological polar surface area (TPSA) is 105 Å². The normalized spacial score (nSPS) is 16.0. The quantitative estimate of drug-likeness (QED) is 0.403. The average Bonchev–Trinajstić information content (AvgIpc) is 3.32. The van der Waals surface area contributed by atoms with Crippen molar-refractivity contribution in [3.63, 3.8) is 0 Å². The van der Waals surface area contributed by atoms with Crippen molar-refractivity contribution in [2.75, 3.05) is 13.2 Å². The van der Waals surface area contributed by atoms with Gasteiger partial charge in [0.15, 0.2) is 0 Å². The number of alkyl carbamates (subject to hydrolysis) is 1. The van der Waals surface area contributed by atoms with Gasteiger partial charge in [-0.2, -0.15) is 0 Å². The Morgan fingerprint density at radius 2 is 1.66 bits per heavy atom. The van der Waals surface area contributed by atoms with Crippen LogP contribution < -0.4 is 10.6 Å². The van der Waals surface area contributed by atoms with Gasteiger partial charge in [0.05, 0.1) is 17.9 Å². The molecule has 5 rings (SSSR count). The average molecular weight is 491 g/mol. The summed E-state index contributed by atoms with van der Waals surface area (Å²) in [6.07, 6.45) is 0.507. The van der Waals surface area contributed by atoms with Gasteiger partial charge < -0.3 is 20.5 Å². The highest BCUT2D eigenvalue weighted by molar-refractivity contribution is 7.10. The van der Waals surface area contributed by atoms with Gasteiger partial charge in [-0.05, 0) is 46.5 Å². The van der Waals surface area contributed by atoms with Gasteiger partial charge >= 0.3 is 12.1 Å². The molecule has 35 heavy (non-hydrogen) atoms. The number of nitrogens with one attached hydrogen (secondary N) is 2. The van der Waals surface area contributed by atoms with Crippen LogP contribution in [-0.2, 0) is 14.3 Å². The van der Waals surface area contributed by atoms with Crippen molar-refractivity contribution in [1.82, 2.24) is 10.6 Å². The van der Waals surface area contributed by atoms with Gasteiger partial charge in [0.1, 0.15) is 6.61 Å². The Bertz CT molecular complexity index is 1210. The monoisotopic (exact) mass is 490 g/mol. The molecule has 8 heteroatoms. The van der Waals surface area contributed by atoms with E-state index in [-0.39, 0.29) is 31.4 Å². The number of hydrogen-bond donors (Lipinski definition) is 3. The summed E-state index contributed by atoms with van der Waals surface area (Å²) in [6, 6.07) is 19.3. The van der Waals surface area contributed by atoms with E-state index in [2.05, 4.69) is 34.9 Å². The minimum Gasteiger partial charge on any atom is -0.481 e. The van der Waals surface area contributed by atoms with Gasteiger partial charge in [0.25, 0.3) is 0 Å². The van der Waals surface area contributed by atoms with E-state index in [0.29, 0.717) is 12.8 Å². The van der Waals surface area contributed by atoms with Crippen molar-refractivity contribution in [3.05, 3.63) is 82.0 Å². The summed E-state index contributed by atoms with van der Waals surface area (Å²) in [5, 5.41) is 16.7. The number of aliphatic carboxylic acids is 1. The first-order valence-electron chi connectivity index (χ1n) is 11.6. The number of amides is 2. The Labute approximate surface area is 207 Å². The second-order valence-corrected chi connectivity index (χ2v) is 10.1. The molecule has 0 aliphatic heterocycles. The fourth-order valence-corrected chi connectivity index (χ4v) is 5.50. The van der Waals surface area contributed by atoms with Crippen molar-refractivity contribution in [1.29, 1.82) is 0 Å². The van der Waals surface area contributed by atoms with Crippen LogP contribution in [0.3, 0.4) is 0 Å². The number of hydrogen-bond acceptors (Lipinski definition) is 5. The van der Waals surface area contributed by atoms with Gasteiger partial charge in [-0.15, -0.1) is 11.3 Å². The second kappa shape index (κ2) is 9.54. The number of ether oxygens (including phenoxy) is 1. The lowest BCUT2D eigenvalue weighted by Crippen LogP contribution is -2.42. The number of benzene rings is 2. The van der Waals surface area contributed by atoms with Gasteiger partial charge in [-0.25, -0.2) is 4.79 Å². The first kappa shape index (κ1) is 23.1.